The molecule has 2 amide bonds. The van der Waals surface area contributed by atoms with Gasteiger partial charge >= 0.3 is 0 Å². The van der Waals surface area contributed by atoms with E-state index in [1.54, 1.807) is 11.3 Å². The lowest BCUT2D eigenvalue weighted by molar-refractivity contribution is -0.141. The second kappa shape index (κ2) is 6.30. The summed E-state index contributed by atoms with van der Waals surface area (Å²) in [4.78, 5) is 26.9. The average molecular weight is 280 g/mol. The first-order valence-electron chi connectivity index (χ1n) is 6.79. The Morgan fingerprint density at radius 2 is 2.16 bits per heavy atom. The van der Waals surface area contributed by atoms with Crippen molar-refractivity contribution in [2.24, 2.45) is 0 Å². The predicted molar refractivity (Wildman–Crippen MR) is 75.8 cm³/mol. The first-order chi connectivity index (χ1) is 9.17. The maximum Gasteiger partial charge on any atom is 0.247 e. The summed E-state index contributed by atoms with van der Waals surface area (Å²) in [6, 6.07) is 3.71. The zero-order chi connectivity index (χ0) is 13.8. The number of carbonyl (C=O) groups excluding carboxylic acids is 2. The molecule has 1 N–H and O–H groups in total. The highest BCUT2D eigenvalue weighted by Gasteiger charge is 2.40. The number of nitrogens with one attached hydrogen (secondary N) is 1. The molecule has 1 aliphatic rings. The summed E-state index contributed by atoms with van der Waals surface area (Å²) < 4.78 is 0. The molecular formula is C14H20N2O2S. The van der Waals surface area contributed by atoms with Crippen molar-refractivity contribution in [3.05, 3.63) is 22.4 Å². The number of carbonyl (C=O) groups is 2. The molecule has 0 aliphatic carbocycles. The van der Waals surface area contributed by atoms with Crippen molar-refractivity contribution in [1.29, 1.82) is 0 Å². The molecule has 2 rings (SSSR count). The fraction of sp³-hybridized carbons (Fsp3) is 0.571. The lowest BCUT2D eigenvalue weighted by Gasteiger charge is -2.24. The number of nitrogens with zero attached hydrogens (tertiary/aromatic N) is 1. The lowest BCUT2D eigenvalue weighted by atomic mass is 10.1. The van der Waals surface area contributed by atoms with Gasteiger partial charge in [-0.05, 0) is 24.3 Å². The minimum absolute atomic E-state index is 0.0395. The van der Waals surface area contributed by atoms with Gasteiger partial charge < -0.3 is 5.32 Å². The quantitative estimate of drug-likeness (QED) is 0.812. The molecule has 0 aromatic carbocycles. The molecule has 0 bridgehead atoms. The van der Waals surface area contributed by atoms with Crippen LogP contribution in [0.15, 0.2) is 17.5 Å². The molecule has 1 aliphatic heterocycles. The maximum atomic E-state index is 12.3. The van der Waals surface area contributed by atoms with E-state index in [9.17, 15) is 9.59 Å². The van der Waals surface area contributed by atoms with Crippen LogP contribution < -0.4 is 5.32 Å². The van der Waals surface area contributed by atoms with E-state index < -0.39 is 0 Å². The van der Waals surface area contributed by atoms with Crippen molar-refractivity contribution >= 4 is 23.2 Å². The second-order valence-electron chi connectivity index (χ2n) is 4.79. The Labute approximate surface area is 117 Å². The highest BCUT2D eigenvalue weighted by molar-refractivity contribution is 7.09. The number of hydrogen-bond donors (Lipinski definition) is 1. The smallest absolute Gasteiger partial charge is 0.247 e. The molecule has 0 saturated carbocycles. The molecule has 1 saturated heterocycles. The second-order valence-corrected chi connectivity index (χ2v) is 5.82. The fourth-order valence-electron chi connectivity index (χ4n) is 2.48. The van der Waals surface area contributed by atoms with E-state index in [4.69, 9.17) is 0 Å². The molecule has 0 radical (unpaired) electrons. The van der Waals surface area contributed by atoms with Crippen LogP contribution >= 0.6 is 11.3 Å². The molecule has 0 spiro atoms. The van der Waals surface area contributed by atoms with Crippen LogP contribution in [0.5, 0.6) is 0 Å². The summed E-state index contributed by atoms with van der Waals surface area (Å²) in [5, 5.41) is 5.20. The van der Waals surface area contributed by atoms with Gasteiger partial charge in [0.05, 0.1) is 12.5 Å². The summed E-state index contributed by atoms with van der Waals surface area (Å²) in [6.45, 7) is 4.68. The van der Waals surface area contributed by atoms with Crippen LogP contribution in [0, 0.1) is 0 Å². The third-order valence-electron chi connectivity index (χ3n) is 3.59. The van der Waals surface area contributed by atoms with Crippen LogP contribution in [0.25, 0.3) is 0 Å². The van der Waals surface area contributed by atoms with Crippen LogP contribution in [0.1, 0.15) is 38.0 Å². The normalized spacial score (nSPS) is 19.7. The van der Waals surface area contributed by atoms with Crippen LogP contribution in [-0.4, -0.2) is 28.8 Å². The summed E-state index contributed by atoms with van der Waals surface area (Å²) in [5.74, 6) is -0.0994. The molecular weight excluding hydrogens is 260 g/mol. The van der Waals surface area contributed by atoms with Crippen molar-refractivity contribution in [3.8, 4) is 0 Å². The van der Waals surface area contributed by atoms with E-state index in [1.165, 1.54) is 9.78 Å². The van der Waals surface area contributed by atoms with E-state index in [-0.39, 0.29) is 23.9 Å². The van der Waals surface area contributed by atoms with E-state index in [1.807, 2.05) is 31.4 Å². The Kier molecular flexibility index (Phi) is 4.71. The number of hydrogen-bond acceptors (Lipinski definition) is 4. The Morgan fingerprint density at radius 3 is 2.74 bits per heavy atom. The monoisotopic (exact) mass is 280 g/mol. The van der Waals surface area contributed by atoms with Gasteiger partial charge in [0.1, 0.15) is 0 Å². The van der Waals surface area contributed by atoms with Gasteiger partial charge in [0.15, 0.2) is 0 Å². The third kappa shape index (κ3) is 3.04. The molecule has 19 heavy (non-hydrogen) atoms. The summed E-state index contributed by atoms with van der Waals surface area (Å²) in [5.41, 5.74) is 0. The third-order valence-corrected chi connectivity index (χ3v) is 4.47. The number of imide groups is 1. The minimum atomic E-state index is -0.352. The Bertz CT molecular complexity index is 440. The number of rotatable bonds is 6. The average Bonchev–Trinajstić information content (AvgIpc) is 3.00. The van der Waals surface area contributed by atoms with E-state index in [2.05, 4.69) is 5.32 Å². The number of likely N-dealkylation sites (tertiary alicyclic amines) is 1. The molecule has 1 unspecified atom stereocenters. The van der Waals surface area contributed by atoms with Gasteiger partial charge in [-0.2, -0.15) is 0 Å². The van der Waals surface area contributed by atoms with E-state index >= 15 is 0 Å². The van der Waals surface area contributed by atoms with Crippen molar-refractivity contribution in [1.82, 2.24) is 10.2 Å². The zero-order valence-electron chi connectivity index (χ0n) is 11.4. The summed E-state index contributed by atoms with van der Waals surface area (Å²) >= 11 is 1.65. The standard InChI is InChI=1S/C14H20N2O2S/c1-3-10(4-2)16-13(17)8-12(14(16)18)15-9-11-6-5-7-19-11/h5-7,10,12,15H,3-4,8-9H2,1-2H3. The number of thiophene rings is 1. The number of amides is 2. The van der Waals surface area contributed by atoms with Gasteiger partial charge in [0.2, 0.25) is 11.8 Å². The zero-order valence-corrected chi connectivity index (χ0v) is 12.2. The largest absolute Gasteiger partial charge is 0.300 e. The molecule has 1 aromatic rings. The van der Waals surface area contributed by atoms with Gasteiger partial charge in [-0.3, -0.25) is 14.5 Å². The lowest BCUT2D eigenvalue weighted by Crippen LogP contribution is -2.43. The molecule has 1 fully saturated rings. The van der Waals surface area contributed by atoms with Crippen molar-refractivity contribution in [3.63, 3.8) is 0 Å². The van der Waals surface area contributed by atoms with Crippen LogP contribution in [-0.2, 0) is 16.1 Å². The highest BCUT2D eigenvalue weighted by atomic mass is 32.1. The van der Waals surface area contributed by atoms with E-state index in [0.717, 1.165) is 12.8 Å². The van der Waals surface area contributed by atoms with Gasteiger partial charge in [-0.15, -0.1) is 11.3 Å². The van der Waals surface area contributed by atoms with Crippen LogP contribution in [0.3, 0.4) is 0 Å². The maximum absolute atomic E-state index is 12.3. The molecule has 5 heteroatoms. The predicted octanol–water partition coefficient (Wildman–Crippen LogP) is 2.15. The van der Waals surface area contributed by atoms with Crippen molar-refractivity contribution < 1.29 is 9.59 Å². The van der Waals surface area contributed by atoms with Crippen molar-refractivity contribution in [2.45, 2.75) is 51.7 Å². The molecule has 1 aromatic heterocycles. The molecule has 4 nitrogen and oxygen atoms in total. The molecule has 1 atom stereocenters. The van der Waals surface area contributed by atoms with Gasteiger partial charge in [-0.1, -0.05) is 19.9 Å². The van der Waals surface area contributed by atoms with Gasteiger partial charge in [0, 0.05) is 17.5 Å². The Balaban J connectivity index is 1.97. The van der Waals surface area contributed by atoms with Crippen LogP contribution in [0.2, 0.25) is 0 Å². The fourth-order valence-corrected chi connectivity index (χ4v) is 3.14. The Morgan fingerprint density at radius 1 is 1.42 bits per heavy atom. The first-order valence-corrected chi connectivity index (χ1v) is 7.67. The van der Waals surface area contributed by atoms with Crippen LogP contribution in [0.4, 0.5) is 0 Å². The first kappa shape index (κ1) is 14.2. The summed E-state index contributed by atoms with van der Waals surface area (Å²) in [6.07, 6.45) is 1.94. The Hall–Kier alpha value is -1.20. The topological polar surface area (TPSA) is 49.4 Å². The van der Waals surface area contributed by atoms with Gasteiger partial charge in [-0.25, -0.2) is 0 Å². The minimum Gasteiger partial charge on any atom is -0.300 e. The molecule has 2 heterocycles. The SMILES string of the molecule is CCC(CC)N1C(=O)CC(NCc2cccs2)C1=O. The van der Waals surface area contributed by atoms with E-state index in [0.29, 0.717) is 13.0 Å². The summed E-state index contributed by atoms with van der Waals surface area (Å²) in [7, 11) is 0. The highest BCUT2D eigenvalue weighted by Crippen LogP contribution is 2.20. The van der Waals surface area contributed by atoms with Gasteiger partial charge in [0.25, 0.3) is 0 Å². The van der Waals surface area contributed by atoms with Crippen molar-refractivity contribution in [2.75, 3.05) is 0 Å². The molecule has 104 valence electrons.